The maximum absolute atomic E-state index is 13.3. The Hall–Kier alpha value is -1.92. The monoisotopic (exact) mass is 358 g/mol. The van der Waals surface area contributed by atoms with Crippen molar-refractivity contribution in [3.05, 3.63) is 35.9 Å². The van der Waals surface area contributed by atoms with Gasteiger partial charge in [-0.3, -0.25) is 14.5 Å². The van der Waals surface area contributed by atoms with Crippen molar-refractivity contribution in [3.8, 4) is 0 Å². The minimum absolute atomic E-state index is 0.0708. The number of carbonyl (C=O) groups is 2. The van der Waals surface area contributed by atoms with E-state index in [4.69, 9.17) is 4.74 Å². The molecule has 1 saturated carbocycles. The van der Waals surface area contributed by atoms with Crippen molar-refractivity contribution in [3.63, 3.8) is 0 Å². The van der Waals surface area contributed by atoms with Crippen LogP contribution in [-0.4, -0.2) is 65.2 Å². The number of nitrogens with zero attached hydrogens (tertiary/aromatic N) is 2. The molecule has 1 aromatic carbocycles. The normalized spacial score (nSPS) is 28.1. The van der Waals surface area contributed by atoms with Crippen LogP contribution in [0.3, 0.4) is 0 Å². The van der Waals surface area contributed by atoms with Crippen molar-refractivity contribution in [2.45, 2.75) is 44.3 Å². The van der Waals surface area contributed by atoms with Crippen LogP contribution in [0.5, 0.6) is 0 Å². The summed E-state index contributed by atoms with van der Waals surface area (Å²) in [7, 11) is 0. The van der Waals surface area contributed by atoms with Crippen molar-refractivity contribution < 1.29 is 19.4 Å². The summed E-state index contributed by atoms with van der Waals surface area (Å²) in [5, 5.41) is 9.62. The second-order valence-electron chi connectivity index (χ2n) is 7.92. The number of benzene rings is 1. The molecule has 6 nitrogen and oxygen atoms in total. The lowest BCUT2D eigenvalue weighted by molar-refractivity contribution is -0.145. The summed E-state index contributed by atoms with van der Waals surface area (Å²) in [6, 6.07) is 8.85. The minimum atomic E-state index is -0.839. The third kappa shape index (κ3) is 3.48. The largest absolute Gasteiger partial charge is 0.480 e. The van der Waals surface area contributed by atoms with E-state index in [1.807, 2.05) is 40.1 Å². The number of carboxylic acids is 1. The van der Waals surface area contributed by atoms with E-state index in [0.717, 1.165) is 31.6 Å². The molecule has 2 aliphatic heterocycles. The zero-order chi connectivity index (χ0) is 18.1. The molecular weight excluding hydrogens is 332 g/mol. The van der Waals surface area contributed by atoms with E-state index in [1.165, 1.54) is 0 Å². The first-order valence-corrected chi connectivity index (χ1v) is 9.47. The fourth-order valence-electron chi connectivity index (χ4n) is 4.28. The van der Waals surface area contributed by atoms with E-state index < -0.39 is 12.0 Å². The van der Waals surface area contributed by atoms with Crippen LogP contribution in [0, 0.1) is 5.41 Å². The summed E-state index contributed by atoms with van der Waals surface area (Å²) in [5.41, 5.74) is 1.19. The Kier molecular flexibility index (Phi) is 4.71. The average Bonchev–Trinajstić information content (AvgIpc) is 3.34. The van der Waals surface area contributed by atoms with Crippen molar-refractivity contribution in [1.82, 2.24) is 9.80 Å². The van der Waals surface area contributed by atoms with Crippen LogP contribution in [0.4, 0.5) is 0 Å². The highest BCUT2D eigenvalue weighted by Crippen LogP contribution is 2.47. The molecule has 3 aliphatic rings. The molecule has 2 atom stereocenters. The minimum Gasteiger partial charge on any atom is -0.480 e. The molecule has 140 valence electrons. The number of hydrogen-bond acceptors (Lipinski definition) is 4. The third-order valence-corrected chi connectivity index (χ3v) is 6.00. The Bertz CT molecular complexity index is 674. The van der Waals surface area contributed by atoms with Crippen LogP contribution in [0.15, 0.2) is 30.3 Å². The molecule has 26 heavy (non-hydrogen) atoms. The topological polar surface area (TPSA) is 70.1 Å². The zero-order valence-electron chi connectivity index (χ0n) is 15.0. The van der Waals surface area contributed by atoms with Gasteiger partial charge >= 0.3 is 5.97 Å². The van der Waals surface area contributed by atoms with E-state index >= 15 is 0 Å². The summed E-state index contributed by atoms with van der Waals surface area (Å²) in [6.45, 7) is 3.16. The highest BCUT2D eigenvalue weighted by Gasteiger charge is 2.49. The predicted molar refractivity (Wildman–Crippen MR) is 95.5 cm³/mol. The van der Waals surface area contributed by atoms with Gasteiger partial charge in [0.2, 0.25) is 5.91 Å². The van der Waals surface area contributed by atoms with Gasteiger partial charge in [0.25, 0.3) is 0 Å². The van der Waals surface area contributed by atoms with Gasteiger partial charge < -0.3 is 14.7 Å². The number of carbonyl (C=O) groups excluding carboxylic acids is 1. The van der Waals surface area contributed by atoms with E-state index in [9.17, 15) is 14.7 Å². The van der Waals surface area contributed by atoms with Gasteiger partial charge in [0.15, 0.2) is 0 Å². The molecule has 2 unspecified atom stereocenters. The van der Waals surface area contributed by atoms with E-state index in [2.05, 4.69) is 0 Å². The Morgan fingerprint density at radius 1 is 1.15 bits per heavy atom. The zero-order valence-corrected chi connectivity index (χ0v) is 15.0. The Balaban J connectivity index is 1.52. The Morgan fingerprint density at radius 3 is 2.58 bits per heavy atom. The van der Waals surface area contributed by atoms with Crippen molar-refractivity contribution in [1.29, 1.82) is 0 Å². The van der Waals surface area contributed by atoms with Crippen LogP contribution in [-0.2, 0) is 20.9 Å². The van der Waals surface area contributed by atoms with E-state index in [1.54, 1.807) is 0 Å². The van der Waals surface area contributed by atoms with E-state index in [0.29, 0.717) is 32.5 Å². The van der Waals surface area contributed by atoms with Crippen molar-refractivity contribution in [2.24, 2.45) is 5.41 Å². The number of aliphatic carboxylic acids is 1. The Labute approximate surface area is 153 Å². The quantitative estimate of drug-likeness (QED) is 0.888. The molecule has 1 aliphatic carbocycles. The van der Waals surface area contributed by atoms with Gasteiger partial charge in [0.05, 0.1) is 19.3 Å². The highest BCUT2D eigenvalue weighted by molar-refractivity contribution is 5.84. The molecule has 3 fully saturated rings. The van der Waals surface area contributed by atoms with Crippen molar-refractivity contribution >= 4 is 11.9 Å². The molecular formula is C20H26N2O4. The van der Waals surface area contributed by atoms with Gasteiger partial charge in [-0.05, 0) is 31.2 Å². The van der Waals surface area contributed by atoms with Crippen molar-refractivity contribution in [2.75, 3.05) is 26.3 Å². The summed E-state index contributed by atoms with van der Waals surface area (Å²) in [4.78, 5) is 28.8. The first-order valence-electron chi connectivity index (χ1n) is 9.47. The lowest BCUT2D eigenvalue weighted by atomic mass is 10.1. The number of likely N-dealkylation sites (tertiary alicyclic amines) is 1. The first kappa shape index (κ1) is 17.5. The second kappa shape index (κ2) is 7.00. The summed E-state index contributed by atoms with van der Waals surface area (Å²) < 4.78 is 5.70. The number of amides is 1. The van der Waals surface area contributed by atoms with E-state index in [-0.39, 0.29) is 17.4 Å². The van der Waals surface area contributed by atoms with Crippen LogP contribution < -0.4 is 0 Å². The lowest BCUT2D eigenvalue weighted by Gasteiger charge is -2.32. The molecule has 4 rings (SSSR count). The number of hydrogen-bond donors (Lipinski definition) is 1. The van der Waals surface area contributed by atoms with Crippen LogP contribution in [0.25, 0.3) is 0 Å². The summed E-state index contributed by atoms with van der Waals surface area (Å²) in [6.07, 6.45) is 3.36. The van der Waals surface area contributed by atoms with Crippen LogP contribution >= 0.6 is 0 Å². The molecule has 0 bridgehead atoms. The summed E-state index contributed by atoms with van der Waals surface area (Å²) >= 11 is 0. The molecule has 2 heterocycles. The molecule has 1 aromatic rings. The van der Waals surface area contributed by atoms with Gasteiger partial charge in [-0.1, -0.05) is 30.3 Å². The van der Waals surface area contributed by atoms with Gasteiger partial charge in [0, 0.05) is 25.0 Å². The molecule has 2 saturated heterocycles. The maximum Gasteiger partial charge on any atom is 0.320 e. The SMILES string of the molecule is O=C(O)C1CCC(C(=O)N2CCOCC3(CC3)C2)N1Cc1ccccc1. The fraction of sp³-hybridized carbons (Fsp3) is 0.600. The highest BCUT2D eigenvalue weighted by atomic mass is 16.5. The average molecular weight is 358 g/mol. The smallest absolute Gasteiger partial charge is 0.320 e. The summed E-state index contributed by atoms with van der Waals surface area (Å²) in [5.74, 6) is -0.768. The molecule has 1 spiro atoms. The third-order valence-electron chi connectivity index (χ3n) is 6.00. The van der Waals surface area contributed by atoms with Gasteiger partial charge in [-0.25, -0.2) is 0 Å². The predicted octanol–water partition coefficient (Wildman–Crippen LogP) is 1.74. The second-order valence-corrected chi connectivity index (χ2v) is 7.92. The molecule has 1 amide bonds. The number of ether oxygens (including phenoxy) is 1. The molecule has 0 radical (unpaired) electrons. The lowest BCUT2D eigenvalue weighted by Crippen LogP contribution is -2.50. The molecule has 0 aromatic heterocycles. The van der Waals surface area contributed by atoms with Crippen LogP contribution in [0.2, 0.25) is 0 Å². The maximum atomic E-state index is 13.3. The Morgan fingerprint density at radius 2 is 1.88 bits per heavy atom. The molecule has 6 heteroatoms. The molecule has 1 N–H and O–H groups in total. The van der Waals surface area contributed by atoms with Gasteiger partial charge in [-0.15, -0.1) is 0 Å². The fourth-order valence-corrected chi connectivity index (χ4v) is 4.28. The van der Waals surface area contributed by atoms with Gasteiger partial charge in [-0.2, -0.15) is 0 Å². The number of rotatable bonds is 4. The van der Waals surface area contributed by atoms with Gasteiger partial charge in [0.1, 0.15) is 6.04 Å². The van der Waals surface area contributed by atoms with Crippen LogP contribution in [0.1, 0.15) is 31.2 Å². The first-order chi connectivity index (χ1) is 12.6. The number of carboxylic acid groups (broad SMARTS) is 1. The standard InChI is InChI=1S/C20H26N2O4/c23-18(21-10-11-26-14-20(13-21)8-9-20)16-6-7-17(19(24)25)22(16)12-15-4-2-1-3-5-15/h1-5,16-17H,6-14H2,(H,24,25).